The molecule has 104 valence electrons. The van der Waals surface area contributed by atoms with Crippen molar-refractivity contribution in [2.75, 3.05) is 33.8 Å². The Hall–Kier alpha value is -1.62. The number of ether oxygens (including phenoxy) is 1. The summed E-state index contributed by atoms with van der Waals surface area (Å²) >= 11 is 0. The van der Waals surface area contributed by atoms with E-state index in [9.17, 15) is 9.18 Å². The van der Waals surface area contributed by atoms with Gasteiger partial charge in [-0.15, -0.1) is 0 Å². The number of halogens is 1. The number of rotatable bonds is 4. The topological polar surface area (TPSA) is 41.6 Å². The lowest BCUT2D eigenvalue weighted by Gasteiger charge is -2.12. The SMILES string of the molecule is COc1ccc(C(=O)NCC2CCN(C)C2)cc1F. The first-order chi connectivity index (χ1) is 9.10. The van der Waals surface area contributed by atoms with Gasteiger partial charge in [0.15, 0.2) is 11.6 Å². The smallest absolute Gasteiger partial charge is 0.251 e. The molecule has 5 heteroatoms. The van der Waals surface area contributed by atoms with Gasteiger partial charge in [-0.05, 0) is 44.1 Å². The number of carbonyl (C=O) groups is 1. The Bertz CT molecular complexity index is 465. The molecule has 0 saturated carbocycles. The van der Waals surface area contributed by atoms with Crippen molar-refractivity contribution in [2.45, 2.75) is 6.42 Å². The standard InChI is InChI=1S/C14H19FN2O2/c1-17-6-5-10(9-17)8-16-14(18)11-3-4-13(19-2)12(15)7-11/h3-4,7,10H,5-6,8-9H2,1-2H3,(H,16,18). The summed E-state index contributed by atoms with van der Waals surface area (Å²) in [5.41, 5.74) is 0.324. The van der Waals surface area contributed by atoms with Gasteiger partial charge in [0.1, 0.15) is 0 Å². The molecule has 1 fully saturated rings. The Balaban J connectivity index is 1.91. The third kappa shape index (κ3) is 3.44. The lowest BCUT2D eigenvalue weighted by Crippen LogP contribution is -2.30. The van der Waals surface area contributed by atoms with Gasteiger partial charge in [0.05, 0.1) is 7.11 Å². The number of carbonyl (C=O) groups excluding carboxylic acids is 1. The van der Waals surface area contributed by atoms with Crippen LogP contribution in [0.15, 0.2) is 18.2 Å². The van der Waals surface area contributed by atoms with Gasteiger partial charge in [-0.1, -0.05) is 0 Å². The molecule has 1 aliphatic heterocycles. The van der Waals surface area contributed by atoms with Gasteiger partial charge in [0, 0.05) is 18.7 Å². The molecule has 1 atom stereocenters. The zero-order valence-corrected chi connectivity index (χ0v) is 11.3. The average molecular weight is 266 g/mol. The normalized spacial score (nSPS) is 19.4. The maximum atomic E-state index is 13.5. The van der Waals surface area contributed by atoms with Gasteiger partial charge in [-0.3, -0.25) is 4.79 Å². The molecule has 2 rings (SSSR count). The minimum Gasteiger partial charge on any atom is -0.494 e. The maximum absolute atomic E-state index is 13.5. The molecule has 0 aliphatic carbocycles. The van der Waals surface area contributed by atoms with E-state index in [0.717, 1.165) is 19.5 Å². The van der Waals surface area contributed by atoms with Crippen LogP contribution in [-0.2, 0) is 0 Å². The summed E-state index contributed by atoms with van der Waals surface area (Å²) in [6.45, 7) is 2.70. The lowest BCUT2D eigenvalue weighted by molar-refractivity contribution is 0.0947. The van der Waals surface area contributed by atoms with Crippen LogP contribution in [0, 0.1) is 11.7 Å². The monoisotopic (exact) mass is 266 g/mol. The van der Waals surface area contributed by atoms with Crippen molar-refractivity contribution in [1.82, 2.24) is 10.2 Å². The quantitative estimate of drug-likeness (QED) is 0.898. The molecule has 19 heavy (non-hydrogen) atoms. The summed E-state index contributed by atoms with van der Waals surface area (Å²) in [5, 5.41) is 2.85. The number of likely N-dealkylation sites (tertiary alicyclic amines) is 1. The molecular weight excluding hydrogens is 247 g/mol. The molecule has 0 aromatic heterocycles. The fraction of sp³-hybridized carbons (Fsp3) is 0.500. The number of nitrogens with zero attached hydrogens (tertiary/aromatic N) is 1. The van der Waals surface area contributed by atoms with Gasteiger partial charge >= 0.3 is 0 Å². The van der Waals surface area contributed by atoms with E-state index in [0.29, 0.717) is 18.0 Å². The number of amides is 1. The number of nitrogens with one attached hydrogen (secondary N) is 1. The van der Waals surface area contributed by atoms with E-state index >= 15 is 0 Å². The van der Waals surface area contributed by atoms with Crippen molar-refractivity contribution in [3.8, 4) is 5.75 Å². The molecule has 0 spiro atoms. The molecule has 1 amide bonds. The number of benzene rings is 1. The first-order valence-corrected chi connectivity index (χ1v) is 6.40. The van der Waals surface area contributed by atoms with E-state index < -0.39 is 5.82 Å². The minimum atomic E-state index is -0.518. The number of hydrogen-bond acceptors (Lipinski definition) is 3. The van der Waals surface area contributed by atoms with Gasteiger partial charge in [0.25, 0.3) is 5.91 Å². The highest BCUT2D eigenvalue weighted by Gasteiger charge is 2.20. The fourth-order valence-electron chi connectivity index (χ4n) is 2.34. The number of hydrogen-bond donors (Lipinski definition) is 1. The molecule has 1 unspecified atom stereocenters. The van der Waals surface area contributed by atoms with Crippen LogP contribution in [0.3, 0.4) is 0 Å². The van der Waals surface area contributed by atoms with Crippen LogP contribution >= 0.6 is 0 Å². The van der Waals surface area contributed by atoms with E-state index in [1.807, 2.05) is 0 Å². The highest BCUT2D eigenvalue weighted by molar-refractivity contribution is 5.94. The van der Waals surface area contributed by atoms with E-state index in [1.54, 1.807) is 6.07 Å². The van der Waals surface area contributed by atoms with Crippen LogP contribution in [0.2, 0.25) is 0 Å². The van der Waals surface area contributed by atoms with Gasteiger partial charge in [0.2, 0.25) is 0 Å². The van der Waals surface area contributed by atoms with Crippen molar-refractivity contribution in [3.63, 3.8) is 0 Å². The van der Waals surface area contributed by atoms with Crippen LogP contribution in [0.25, 0.3) is 0 Å². The molecule has 1 heterocycles. The molecule has 1 saturated heterocycles. The summed E-state index contributed by atoms with van der Waals surface area (Å²) in [4.78, 5) is 14.1. The Kier molecular flexibility index (Phi) is 4.37. The Morgan fingerprint density at radius 1 is 1.58 bits per heavy atom. The van der Waals surface area contributed by atoms with Crippen molar-refractivity contribution in [2.24, 2.45) is 5.92 Å². The second-order valence-corrected chi connectivity index (χ2v) is 4.98. The van der Waals surface area contributed by atoms with Gasteiger partial charge < -0.3 is 15.0 Å². The second kappa shape index (κ2) is 6.02. The van der Waals surface area contributed by atoms with Crippen molar-refractivity contribution in [3.05, 3.63) is 29.6 Å². The van der Waals surface area contributed by atoms with Crippen LogP contribution in [0.4, 0.5) is 4.39 Å². The largest absolute Gasteiger partial charge is 0.494 e. The van der Waals surface area contributed by atoms with Crippen LogP contribution in [0.1, 0.15) is 16.8 Å². The molecule has 1 aliphatic rings. The van der Waals surface area contributed by atoms with E-state index in [1.165, 1.54) is 19.2 Å². The molecule has 1 aromatic rings. The summed E-state index contributed by atoms with van der Waals surface area (Å²) < 4.78 is 18.3. The molecular formula is C14H19FN2O2. The van der Waals surface area contributed by atoms with Crippen molar-refractivity contribution < 1.29 is 13.9 Å². The minimum absolute atomic E-state index is 0.147. The molecule has 4 nitrogen and oxygen atoms in total. The van der Waals surface area contributed by atoms with E-state index in [4.69, 9.17) is 4.74 Å². The van der Waals surface area contributed by atoms with Crippen molar-refractivity contribution >= 4 is 5.91 Å². The average Bonchev–Trinajstić information content (AvgIpc) is 2.81. The van der Waals surface area contributed by atoms with Crippen LogP contribution in [0.5, 0.6) is 5.75 Å². The molecule has 0 radical (unpaired) electrons. The molecule has 0 bridgehead atoms. The lowest BCUT2D eigenvalue weighted by atomic mass is 10.1. The summed E-state index contributed by atoms with van der Waals surface area (Å²) in [6.07, 6.45) is 1.09. The Morgan fingerprint density at radius 3 is 2.95 bits per heavy atom. The fourth-order valence-corrected chi connectivity index (χ4v) is 2.34. The number of methoxy groups -OCH3 is 1. The zero-order valence-electron chi connectivity index (χ0n) is 11.3. The molecule has 1 aromatic carbocycles. The third-order valence-corrected chi connectivity index (χ3v) is 3.45. The van der Waals surface area contributed by atoms with E-state index in [-0.39, 0.29) is 11.7 Å². The highest BCUT2D eigenvalue weighted by Crippen LogP contribution is 2.18. The summed E-state index contributed by atoms with van der Waals surface area (Å²) in [6, 6.07) is 4.24. The van der Waals surface area contributed by atoms with Gasteiger partial charge in [-0.25, -0.2) is 4.39 Å². The van der Waals surface area contributed by atoms with E-state index in [2.05, 4.69) is 17.3 Å². The third-order valence-electron chi connectivity index (χ3n) is 3.45. The van der Waals surface area contributed by atoms with Crippen LogP contribution in [-0.4, -0.2) is 44.6 Å². The summed E-state index contributed by atoms with van der Waals surface area (Å²) in [7, 11) is 3.47. The zero-order chi connectivity index (χ0) is 13.8. The first kappa shape index (κ1) is 13.8. The summed E-state index contributed by atoms with van der Waals surface area (Å²) in [5.74, 6) is -0.127. The Morgan fingerprint density at radius 2 is 2.37 bits per heavy atom. The Labute approximate surface area is 112 Å². The molecule has 1 N–H and O–H groups in total. The predicted molar refractivity (Wildman–Crippen MR) is 70.9 cm³/mol. The predicted octanol–water partition coefficient (Wildman–Crippen LogP) is 1.52. The van der Waals surface area contributed by atoms with Gasteiger partial charge in [-0.2, -0.15) is 0 Å². The second-order valence-electron chi connectivity index (χ2n) is 4.98. The first-order valence-electron chi connectivity index (χ1n) is 6.40. The maximum Gasteiger partial charge on any atom is 0.251 e. The highest BCUT2D eigenvalue weighted by atomic mass is 19.1. The van der Waals surface area contributed by atoms with Crippen molar-refractivity contribution in [1.29, 1.82) is 0 Å². The van der Waals surface area contributed by atoms with Crippen LogP contribution < -0.4 is 10.1 Å².